The van der Waals surface area contributed by atoms with E-state index >= 15 is 0 Å². The number of nitrogens with zero attached hydrogens (tertiary/aromatic N) is 2. The van der Waals surface area contributed by atoms with Gasteiger partial charge in [0.2, 0.25) is 0 Å². The lowest BCUT2D eigenvalue weighted by Crippen LogP contribution is -2.36. The Hall–Kier alpha value is -2.97. The number of aromatic hydroxyl groups is 1. The van der Waals surface area contributed by atoms with Crippen molar-refractivity contribution < 1.29 is 19.1 Å². The third kappa shape index (κ3) is 4.72. The smallest absolute Gasteiger partial charge is 0.425 e. The highest BCUT2D eigenvalue weighted by molar-refractivity contribution is 7.71. The second-order valence-electron chi connectivity index (χ2n) is 8.81. The van der Waals surface area contributed by atoms with E-state index in [0.717, 1.165) is 43.6 Å². The molecule has 1 fully saturated rings. The molecule has 0 spiro atoms. The first-order chi connectivity index (χ1) is 15.8. The average Bonchev–Trinajstić information content (AvgIpc) is 2.79. The maximum atomic E-state index is 12.7. The van der Waals surface area contributed by atoms with E-state index in [1.165, 1.54) is 17.7 Å². The number of piperidine rings is 1. The van der Waals surface area contributed by atoms with E-state index in [1.807, 2.05) is 38.1 Å². The molecule has 0 atom stereocenters. The number of phenols is 1. The molecule has 2 heterocycles. The van der Waals surface area contributed by atoms with E-state index in [-0.39, 0.29) is 29.1 Å². The van der Waals surface area contributed by atoms with Gasteiger partial charge in [-0.05, 0) is 61.2 Å². The summed E-state index contributed by atoms with van der Waals surface area (Å²) < 4.78 is 12.1. The zero-order valence-electron chi connectivity index (χ0n) is 19.0. The monoisotopic (exact) mass is 468 g/mol. The molecule has 0 saturated carbocycles. The SMILES string of the molecule is COC(=O)C1CCN(Cc2ccc(-n3c(=O)oc4cc(O)c(C(C)C)cc4c3=S)cc2)CC1. The van der Waals surface area contributed by atoms with Crippen LogP contribution in [0.25, 0.3) is 16.7 Å². The highest BCUT2D eigenvalue weighted by Crippen LogP contribution is 2.31. The molecule has 3 aromatic rings. The van der Waals surface area contributed by atoms with Crippen LogP contribution in [-0.2, 0) is 16.1 Å². The third-order valence-corrected chi connectivity index (χ3v) is 6.69. The van der Waals surface area contributed by atoms with Crippen molar-refractivity contribution in [3.8, 4) is 11.4 Å². The van der Waals surface area contributed by atoms with Gasteiger partial charge in [-0.2, -0.15) is 0 Å². The molecule has 1 N–H and O–H groups in total. The van der Waals surface area contributed by atoms with Crippen LogP contribution in [0.3, 0.4) is 0 Å². The van der Waals surface area contributed by atoms with Crippen LogP contribution in [0.15, 0.2) is 45.6 Å². The second-order valence-corrected chi connectivity index (χ2v) is 9.20. The van der Waals surface area contributed by atoms with Gasteiger partial charge in [0.1, 0.15) is 16.0 Å². The molecule has 0 amide bonds. The zero-order valence-corrected chi connectivity index (χ0v) is 19.9. The number of esters is 1. The Bertz CT molecular complexity index is 1290. The number of fused-ring (bicyclic) bond motifs is 1. The number of aromatic nitrogens is 1. The standard InChI is InChI=1S/C25H28N2O5S/c1-15(2)19-12-20-22(13-21(19)28)32-25(30)27(23(20)33)18-6-4-16(5-7-18)14-26-10-8-17(9-11-26)24(29)31-3/h4-7,12-13,15,17,28H,8-11,14H2,1-3H3. The van der Waals surface area contributed by atoms with E-state index < -0.39 is 5.76 Å². The van der Waals surface area contributed by atoms with E-state index in [1.54, 1.807) is 6.07 Å². The van der Waals surface area contributed by atoms with Crippen LogP contribution >= 0.6 is 12.2 Å². The summed E-state index contributed by atoms with van der Waals surface area (Å²) in [5, 5.41) is 10.9. The lowest BCUT2D eigenvalue weighted by molar-refractivity contribution is -0.147. The number of phenolic OH excluding ortho intramolecular Hbond substituents is 1. The Morgan fingerprint density at radius 1 is 1.21 bits per heavy atom. The maximum Gasteiger partial charge on any atom is 0.425 e. The molecule has 174 valence electrons. The number of carbonyl (C=O) groups excluding carboxylic acids is 1. The first kappa shape index (κ1) is 23.2. The minimum atomic E-state index is -0.596. The summed E-state index contributed by atoms with van der Waals surface area (Å²) >= 11 is 5.63. The second kappa shape index (κ2) is 9.49. The van der Waals surface area contributed by atoms with Gasteiger partial charge in [0.05, 0.1) is 24.1 Å². The number of carbonyl (C=O) groups is 1. The molecule has 1 aliphatic rings. The quantitative estimate of drug-likeness (QED) is 0.435. The van der Waals surface area contributed by atoms with E-state index in [4.69, 9.17) is 21.4 Å². The van der Waals surface area contributed by atoms with E-state index in [0.29, 0.717) is 15.7 Å². The summed E-state index contributed by atoms with van der Waals surface area (Å²) in [5.74, 6) is -0.544. The van der Waals surface area contributed by atoms with Gasteiger partial charge in [0.25, 0.3) is 0 Å². The minimum absolute atomic E-state index is 0.0132. The van der Waals surface area contributed by atoms with Crippen molar-refractivity contribution in [1.29, 1.82) is 0 Å². The Morgan fingerprint density at radius 2 is 1.88 bits per heavy atom. The highest BCUT2D eigenvalue weighted by atomic mass is 32.1. The fourth-order valence-corrected chi connectivity index (χ4v) is 4.71. The molecule has 1 saturated heterocycles. The molecule has 8 heteroatoms. The predicted octanol–water partition coefficient (Wildman–Crippen LogP) is 4.53. The van der Waals surface area contributed by atoms with Crippen LogP contribution in [0, 0.1) is 10.6 Å². The first-order valence-corrected chi connectivity index (χ1v) is 11.5. The average molecular weight is 469 g/mol. The number of likely N-dealkylation sites (tertiary alicyclic amines) is 1. The summed E-state index contributed by atoms with van der Waals surface area (Å²) in [4.78, 5) is 26.7. The Labute approximate surface area is 197 Å². The molecular weight excluding hydrogens is 440 g/mol. The van der Waals surface area contributed by atoms with Gasteiger partial charge in [0, 0.05) is 12.6 Å². The molecule has 0 aliphatic carbocycles. The van der Waals surface area contributed by atoms with Gasteiger partial charge in [-0.1, -0.05) is 38.2 Å². The summed E-state index contributed by atoms with van der Waals surface area (Å²) in [6.07, 6.45) is 1.60. The number of hydrogen-bond acceptors (Lipinski definition) is 7. The molecule has 1 aliphatic heterocycles. The number of benzene rings is 2. The van der Waals surface area contributed by atoms with E-state index in [9.17, 15) is 14.7 Å². The molecule has 0 unspecified atom stereocenters. The maximum absolute atomic E-state index is 12.7. The van der Waals surface area contributed by atoms with Crippen LogP contribution in [0.2, 0.25) is 0 Å². The lowest BCUT2D eigenvalue weighted by Gasteiger charge is -2.30. The molecule has 2 aromatic carbocycles. The van der Waals surface area contributed by atoms with Crippen molar-refractivity contribution in [3.05, 3.63) is 62.7 Å². The highest BCUT2D eigenvalue weighted by Gasteiger charge is 2.25. The Morgan fingerprint density at radius 3 is 2.48 bits per heavy atom. The van der Waals surface area contributed by atoms with Crippen molar-refractivity contribution in [3.63, 3.8) is 0 Å². The van der Waals surface area contributed by atoms with Gasteiger partial charge >= 0.3 is 11.7 Å². The number of hydrogen-bond donors (Lipinski definition) is 1. The number of methoxy groups -OCH3 is 1. The van der Waals surface area contributed by atoms with Crippen LogP contribution in [0.4, 0.5) is 0 Å². The van der Waals surface area contributed by atoms with Crippen molar-refractivity contribution in [2.75, 3.05) is 20.2 Å². The summed E-state index contributed by atoms with van der Waals surface area (Å²) in [6, 6.07) is 10.9. The molecule has 0 bridgehead atoms. The van der Waals surface area contributed by atoms with Gasteiger partial charge in [-0.3, -0.25) is 9.69 Å². The lowest BCUT2D eigenvalue weighted by atomic mass is 9.96. The van der Waals surface area contributed by atoms with Crippen molar-refractivity contribution in [2.45, 2.75) is 39.2 Å². The first-order valence-electron chi connectivity index (χ1n) is 11.1. The molecule has 33 heavy (non-hydrogen) atoms. The third-order valence-electron chi connectivity index (χ3n) is 6.29. The molecule has 0 radical (unpaired) electrons. The summed E-state index contributed by atoms with van der Waals surface area (Å²) in [5.41, 5.74) is 2.76. The Balaban J connectivity index is 1.57. The summed E-state index contributed by atoms with van der Waals surface area (Å²) in [7, 11) is 1.44. The van der Waals surface area contributed by atoms with Crippen LogP contribution < -0.4 is 5.76 Å². The number of rotatable bonds is 5. The van der Waals surface area contributed by atoms with Gasteiger partial charge < -0.3 is 14.3 Å². The van der Waals surface area contributed by atoms with Crippen molar-refractivity contribution in [1.82, 2.24) is 9.47 Å². The van der Waals surface area contributed by atoms with Crippen LogP contribution in [-0.4, -0.2) is 40.7 Å². The van der Waals surface area contributed by atoms with Gasteiger partial charge in [-0.25, -0.2) is 9.36 Å². The van der Waals surface area contributed by atoms with E-state index in [2.05, 4.69) is 4.90 Å². The fraction of sp³-hybridized carbons (Fsp3) is 0.400. The largest absolute Gasteiger partial charge is 0.508 e. The molecular formula is C25H28N2O5S. The van der Waals surface area contributed by atoms with Gasteiger partial charge in [0.15, 0.2) is 0 Å². The topological polar surface area (TPSA) is 84.9 Å². The predicted molar refractivity (Wildman–Crippen MR) is 128 cm³/mol. The van der Waals surface area contributed by atoms with Gasteiger partial charge in [-0.15, -0.1) is 0 Å². The fourth-order valence-electron chi connectivity index (χ4n) is 4.37. The van der Waals surface area contributed by atoms with Crippen molar-refractivity contribution >= 4 is 29.2 Å². The van der Waals surface area contributed by atoms with Crippen molar-refractivity contribution in [2.24, 2.45) is 5.92 Å². The normalized spacial score (nSPS) is 15.3. The zero-order chi connectivity index (χ0) is 23.7. The minimum Gasteiger partial charge on any atom is -0.508 e. The van der Waals surface area contributed by atoms with Crippen LogP contribution in [0.1, 0.15) is 43.7 Å². The molecule has 1 aromatic heterocycles. The molecule has 7 nitrogen and oxygen atoms in total. The Kier molecular flexibility index (Phi) is 6.67. The number of ether oxygens (including phenoxy) is 1. The molecule has 4 rings (SSSR count). The van der Waals surface area contributed by atoms with Crippen LogP contribution in [0.5, 0.6) is 5.75 Å². The summed E-state index contributed by atoms with van der Waals surface area (Å²) in [6.45, 7) is 6.40.